The number of aromatic amines is 1. The summed E-state index contributed by atoms with van der Waals surface area (Å²) < 4.78 is 0. The summed E-state index contributed by atoms with van der Waals surface area (Å²) in [6.07, 6.45) is 0. The molecule has 7 nitrogen and oxygen atoms in total. The van der Waals surface area contributed by atoms with E-state index in [0.717, 1.165) is 33.3 Å². The van der Waals surface area contributed by atoms with Crippen LogP contribution in [0.25, 0.3) is 44.8 Å². The van der Waals surface area contributed by atoms with Gasteiger partial charge in [0.2, 0.25) is 0 Å². The molecule has 29 heavy (non-hydrogen) atoms. The normalized spacial score (nSPS) is 11.1. The Morgan fingerprint density at radius 3 is 2.21 bits per heavy atom. The minimum absolute atomic E-state index is 0.362. The van der Waals surface area contributed by atoms with Crippen LogP contribution < -0.4 is 11.3 Å². The number of H-pyrrole nitrogens is 1. The van der Waals surface area contributed by atoms with Gasteiger partial charge in [0.1, 0.15) is 11.4 Å². The summed E-state index contributed by atoms with van der Waals surface area (Å²) in [6, 6.07) is 22.8. The third-order valence-electron chi connectivity index (χ3n) is 4.72. The first-order valence-corrected chi connectivity index (χ1v) is 9.06. The topological polar surface area (TPSA) is 110 Å². The number of nitrogens with two attached hydrogens (primary N) is 1. The highest BCUT2D eigenvalue weighted by molar-refractivity contribution is 5.97. The molecule has 2 heterocycles. The number of para-hydroxylation sites is 2. The first-order valence-electron chi connectivity index (χ1n) is 9.06. The van der Waals surface area contributed by atoms with Crippen molar-refractivity contribution < 1.29 is 4.79 Å². The molecule has 0 aliphatic carbocycles. The lowest BCUT2D eigenvalue weighted by Gasteiger charge is -2.08. The van der Waals surface area contributed by atoms with Gasteiger partial charge < -0.3 is 4.98 Å². The van der Waals surface area contributed by atoms with Gasteiger partial charge in [-0.05, 0) is 30.3 Å². The zero-order chi connectivity index (χ0) is 19.8. The number of imidazole rings is 1. The molecule has 5 aromatic rings. The number of fused-ring (bicyclic) bond motifs is 2. The summed E-state index contributed by atoms with van der Waals surface area (Å²) in [7, 11) is 0. The molecule has 5 rings (SSSR count). The zero-order valence-corrected chi connectivity index (χ0v) is 15.3. The quantitative estimate of drug-likeness (QED) is 0.252. The number of amides is 1. The number of nitrogen functional groups attached to an aromatic ring is 1. The van der Waals surface area contributed by atoms with Gasteiger partial charge in [0.15, 0.2) is 5.82 Å². The second-order valence-corrected chi connectivity index (χ2v) is 6.57. The van der Waals surface area contributed by atoms with Crippen LogP contribution in [-0.4, -0.2) is 25.8 Å². The summed E-state index contributed by atoms with van der Waals surface area (Å²) in [5.41, 5.74) is 7.96. The Morgan fingerprint density at radius 2 is 1.48 bits per heavy atom. The maximum atomic E-state index is 11.8. The van der Waals surface area contributed by atoms with Gasteiger partial charge in [0.05, 0.1) is 22.1 Å². The van der Waals surface area contributed by atoms with Crippen molar-refractivity contribution in [2.24, 2.45) is 5.84 Å². The van der Waals surface area contributed by atoms with Crippen LogP contribution in [0.15, 0.2) is 72.8 Å². The van der Waals surface area contributed by atoms with Crippen molar-refractivity contribution in [1.29, 1.82) is 0 Å². The van der Waals surface area contributed by atoms with Crippen LogP contribution in [0.2, 0.25) is 0 Å². The molecule has 0 bridgehead atoms. The predicted octanol–water partition coefficient (Wildman–Crippen LogP) is 3.44. The Kier molecular flexibility index (Phi) is 4.00. The molecule has 0 radical (unpaired) electrons. The van der Waals surface area contributed by atoms with Crippen molar-refractivity contribution in [3.63, 3.8) is 0 Å². The zero-order valence-electron chi connectivity index (χ0n) is 15.3. The van der Waals surface area contributed by atoms with Crippen LogP contribution in [-0.2, 0) is 0 Å². The van der Waals surface area contributed by atoms with Crippen molar-refractivity contribution in [3.05, 3.63) is 78.4 Å². The highest BCUT2D eigenvalue weighted by atomic mass is 16.2. The molecule has 7 heteroatoms. The molecule has 140 valence electrons. The second kappa shape index (κ2) is 6.81. The molecule has 3 aromatic carbocycles. The summed E-state index contributed by atoms with van der Waals surface area (Å²) in [6.45, 7) is 0. The van der Waals surface area contributed by atoms with Crippen molar-refractivity contribution in [2.45, 2.75) is 0 Å². The van der Waals surface area contributed by atoms with E-state index in [-0.39, 0.29) is 5.91 Å². The molecule has 0 aliphatic heterocycles. The summed E-state index contributed by atoms with van der Waals surface area (Å²) in [4.78, 5) is 29.5. The molecule has 0 saturated carbocycles. The minimum atomic E-state index is -0.362. The fourth-order valence-corrected chi connectivity index (χ4v) is 3.31. The molecule has 0 aliphatic rings. The van der Waals surface area contributed by atoms with Crippen LogP contribution in [0.3, 0.4) is 0 Å². The van der Waals surface area contributed by atoms with E-state index in [2.05, 4.69) is 15.4 Å². The average Bonchev–Trinajstić information content (AvgIpc) is 3.21. The highest BCUT2D eigenvalue weighted by Crippen LogP contribution is 2.30. The smallest absolute Gasteiger partial charge is 0.265 e. The highest BCUT2D eigenvalue weighted by Gasteiger charge is 2.17. The monoisotopic (exact) mass is 380 g/mol. The Morgan fingerprint density at radius 1 is 0.793 bits per heavy atom. The van der Waals surface area contributed by atoms with E-state index in [1.807, 2.05) is 54.6 Å². The molecule has 4 N–H and O–H groups in total. The molecule has 0 fully saturated rings. The maximum absolute atomic E-state index is 11.8. The SMILES string of the molecule is NNC(=O)c1ccc2nc(-c3nc4ccccc4nc3-c3ccccc3)[nH]c2c1. The van der Waals surface area contributed by atoms with Crippen LogP contribution in [0, 0.1) is 0 Å². The third kappa shape index (κ3) is 2.99. The third-order valence-corrected chi connectivity index (χ3v) is 4.72. The standard InChI is InChI=1S/C22H16N6O/c23-28-22(29)14-10-11-17-18(12-14)27-21(26-17)20-19(13-6-2-1-3-7-13)24-15-8-4-5-9-16(15)25-20/h1-12H,23H2,(H,26,27)(H,28,29). The van der Waals surface area contributed by atoms with Crippen molar-refractivity contribution in [2.75, 3.05) is 0 Å². The number of benzene rings is 3. The van der Waals surface area contributed by atoms with E-state index >= 15 is 0 Å². The van der Waals surface area contributed by atoms with Crippen molar-refractivity contribution in [1.82, 2.24) is 25.4 Å². The molecular formula is C22H16N6O. The maximum Gasteiger partial charge on any atom is 0.265 e. The largest absolute Gasteiger partial charge is 0.337 e. The van der Waals surface area contributed by atoms with Gasteiger partial charge in [-0.15, -0.1) is 0 Å². The Balaban J connectivity index is 1.74. The van der Waals surface area contributed by atoms with E-state index in [0.29, 0.717) is 17.1 Å². The lowest BCUT2D eigenvalue weighted by atomic mass is 10.1. The first kappa shape index (κ1) is 17.0. The number of carbonyl (C=O) groups is 1. The lowest BCUT2D eigenvalue weighted by molar-refractivity contribution is 0.0954. The average molecular weight is 380 g/mol. The number of hydrogen-bond acceptors (Lipinski definition) is 5. The van der Waals surface area contributed by atoms with E-state index in [1.54, 1.807) is 18.2 Å². The Hall–Kier alpha value is -4.10. The Labute approximate surface area is 165 Å². The number of hydrazine groups is 1. The number of carbonyl (C=O) groups excluding carboxylic acids is 1. The van der Waals surface area contributed by atoms with Gasteiger partial charge in [-0.2, -0.15) is 0 Å². The molecule has 0 unspecified atom stereocenters. The number of nitrogens with zero attached hydrogens (tertiary/aromatic N) is 3. The van der Waals surface area contributed by atoms with Gasteiger partial charge in [-0.1, -0.05) is 42.5 Å². The van der Waals surface area contributed by atoms with Gasteiger partial charge in [-0.3, -0.25) is 10.2 Å². The van der Waals surface area contributed by atoms with E-state index < -0.39 is 0 Å². The van der Waals surface area contributed by atoms with E-state index in [4.69, 9.17) is 15.8 Å². The molecular weight excluding hydrogens is 364 g/mol. The molecule has 1 amide bonds. The van der Waals surface area contributed by atoms with Gasteiger partial charge in [0, 0.05) is 11.1 Å². The number of aromatic nitrogens is 4. The van der Waals surface area contributed by atoms with Gasteiger partial charge in [-0.25, -0.2) is 20.8 Å². The van der Waals surface area contributed by atoms with E-state index in [1.165, 1.54) is 0 Å². The number of nitrogens with one attached hydrogen (secondary N) is 2. The summed E-state index contributed by atoms with van der Waals surface area (Å²) >= 11 is 0. The number of rotatable bonds is 3. The van der Waals surface area contributed by atoms with E-state index in [9.17, 15) is 4.79 Å². The molecule has 0 saturated heterocycles. The van der Waals surface area contributed by atoms with Crippen LogP contribution in [0.5, 0.6) is 0 Å². The molecule has 0 atom stereocenters. The second-order valence-electron chi connectivity index (χ2n) is 6.57. The van der Waals surface area contributed by atoms with Crippen LogP contribution in [0.4, 0.5) is 0 Å². The van der Waals surface area contributed by atoms with Crippen LogP contribution in [0.1, 0.15) is 10.4 Å². The fraction of sp³-hybridized carbons (Fsp3) is 0. The predicted molar refractivity (Wildman–Crippen MR) is 112 cm³/mol. The molecule has 0 spiro atoms. The number of hydrogen-bond donors (Lipinski definition) is 3. The lowest BCUT2D eigenvalue weighted by Crippen LogP contribution is -2.29. The van der Waals surface area contributed by atoms with Crippen molar-refractivity contribution >= 4 is 28.0 Å². The summed E-state index contributed by atoms with van der Waals surface area (Å²) in [5, 5.41) is 0. The summed E-state index contributed by atoms with van der Waals surface area (Å²) in [5.74, 6) is 5.46. The van der Waals surface area contributed by atoms with Crippen LogP contribution >= 0.6 is 0 Å². The van der Waals surface area contributed by atoms with Gasteiger partial charge in [0.25, 0.3) is 5.91 Å². The Bertz CT molecular complexity index is 1360. The minimum Gasteiger partial charge on any atom is -0.337 e. The fourth-order valence-electron chi connectivity index (χ4n) is 3.31. The van der Waals surface area contributed by atoms with Gasteiger partial charge >= 0.3 is 0 Å². The van der Waals surface area contributed by atoms with Crippen molar-refractivity contribution in [3.8, 4) is 22.8 Å². The molecule has 2 aromatic heterocycles. The first-order chi connectivity index (χ1) is 14.2.